The van der Waals surface area contributed by atoms with Gasteiger partial charge in [-0.25, -0.2) is 4.98 Å². The first-order valence-electron chi connectivity index (χ1n) is 8.01. The number of nitrogens with two attached hydrogens (primary N) is 1. The maximum absolute atomic E-state index is 6.30. The number of imidazole rings is 1. The lowest BCUT2D eigenvalue weighted by Gasteiger charge is -2.13. The van der Waals surface area contributed by atoms with Gasteiger partial charge in [0.1, 0.15) is 5.82 Å². The third kappa shape index (κ3) is 2.77. The molecule has 1 unspecified atom stereocenters. The summed E-state index contributed by atoms with van der Waals surface area (Å²) in [6, 6.07) is 17.0. The van der Waals surface area contributed by atoms with E-state index in [1.54, 1.807) is 0 Å². The van der Waals surface area contributed by atoms with E-state index in [2.05, 4.69) is 60.9 Å². The Morgan fingerprint density at radius 3 is 2.50 bits per heavy atom. The minimum Gasteiger partial charge on any atom is -0.322 e. The Morgan fingerprint density at radius 1 is 1.05 bits per heavy atom. The van der Waals surface area contributed by atoms with Crippen LogP contribution in [0.2, 0.25) is 0 Å². The van der Waals surface area contributed by atoms with Crippen molar-refractivity contribution >= 4 is 11.0 Å². The van der Waals surface area contributed by atoms with Gasteiger partial charge in [0.2, 0.25) is 0 Å². The Balaban J connectivity index is 2.12. The molecule has 2 aromatic carbocycles. The molecular weight excluding hydrogens is 270 g/mol. The normalized spacial score (nSPS) is 12.7. The topological polar surface area (TPSA) is 43.8 Å². The van der Waals surface area contributed by atoms with E-state index in [0.29, 0.717) is 0 Å². The average Bonchev–Trinajstić information content (AvgIpc) is 2.92. The molecule has 1 heterocycles. The fourth-order valence-corrected chi connectivity index (χ4v) is 2.81. The lowest BCUT2D eigenvalue weighted by molar-refractivity contribution is 0.605. The highest BCUT2D eigenvalue weighted by atomic mass is 15.1. The number of nitrogens with zero attached hydrogens (tertiary/aromatic N) is 2. The van der Waals surface area contributed by atoms with Crippen LogP contribution in [0.15, 0.2) is 48.5 Å². The lowest BCUT2D eigenvalue weighted by Crippen LogP contribution is -2.16. The molecule has 3 rings (SSSR count). The van der Waals surface area contributed by atoms with Gasteiger partial charge in [-0.1, -0.05) is 50.2 Å². The lowest BCUT2D eigenvalue weighted by atomic mass is 10.1. The first-order valence-corrected chi connectivity index (χ1v) is 8.01. The van der Waals surface area contributed by atoms with Crippen molar-refractivity contribution in [1.29, 1.82) is 0 Å². The molecule has 0 fully saturated rings. The van der Waals surface area contributed by atoms with Crippen LogP contribution in [0.1, 0.15) is 43.3 Å². The molecule has 0 saturated carbocycles. The number of fused-ring (bicyclic) bond motifs is 1. The van der Waals surface area contributed by atoms with Gasteiger partial charge >= 0.3 is 0 Å². The number of benzene rings is 2. The van der Waals surface area contributed by atoms with Crippen molar-refractivity contribution < 1.29 is 0 Å². The van der Waals surface area contributed by atoms with E-state index in [0.717, 1.165) is 30.7 Å². The summed E-state index contributed by atoms with van der Waals surface area (Å²) in [5, 5.41) is 0. The minimum absolute atomic E-state index is 0.0267. The van der Waals surface area contributed by atoms with Crippen molar-refractivity contribution in [3.63, 3.8) is 0 Å². The first kappa shape index (κ1) is 14.8. The molecule has 114 valence electrons. The Labute approximate surface area is 131 Å². The molecule has 0 aliphatic heterocycles. The van der Waals surface area contributed by atoms with Crippen LogP contribution in [-0.4, -0.2) is 9.55 Å². The zero-order valence-electron chi connectivity index (χ0n) is 13.3. The zero-order chi connectivity index (χ0) is 15.5. The van der Waals surface area contributed by atoms with Gasteiger partial charge in [-0.2, -0.15) is 0 Å². The van der Waals surface area contributed by atoms with Crippen molar-refractivity contribution in [1.82, 2.24) is 9.55 Å². The quantitative estimate of drug-likeness (QED) is 0.771. The predicted octanol–water partition coefficient (Wildman–Crippen LogP) is 4.06. The third-order valence-electron chi connectivity index (χ3n) is 4.21. The Kier molecular flexibility index (Phi) is 4.25. The van der Waals surface area contributed by atoms with Crippen molar-refractivity contribution in [2.24, 2.45) is 5.73 Å². The average molecular weight is 293 g/mol. The maximum atomic E-state index is 6.30. The molecule has 3 nitrogen and oxygen atoms in total. The summed E-state index contributed by atoms with van der Waals surface area (Å²) in [4.78, 5) is 4.83. The monoisotopic (exact) mass is 293 g/mol. The SMILES string of the molecule is CCc1ccc2c(c1)nc(C(N)CC)n2Cc1ccccc1. The van der Waals surface area contributed by atoms with E-state index in [4.69, 9.17) is 10.7 Å². The molecule has 0 amide bonds. The molecule has 0 aliphatic rings. The van der Waals surface area contributed by atoms with Gasteiger partial charge in [-0.05, 0) is 36.1 Å². The van der Waals surface area contributed by atoms with Crippen LogP contribution < -0.4 is 5.73 Å². The molecule has 3 aromatic rings. The van der Waals surface area contributed by atoms with E-state index in [1.165, 1.54) is 16.6 Å². The van der Waals surface area contributed by atoms with Crippen molar-refractivity contribution in [3.8, 4) is 0 Å². The summed E-state index contributed by atoms with van der Waals surface area (Å²) in [5.41, 5.74) is 11.1. The van der Waals surface area contributed by atoms with E-state index in [9.17, 15) is 0 Å². The Morgan fingerprint density at radius 2 is 1.82 bits per heavy atom. The highest BCUT2D eigenvalue weighted by Crippen LogP contribution is 2.24. The Hall–Kier alpha value is -2.13. The summed E-state index contributed by atoms with van der Waals surface area (Å²) in [7, 11) is 0. The summed E-state index contributed by atoms with van der Waals surface area (Å²) in [6.07, 6.45) is 1.91. The van der Waals surface area contributed by atoms with Crippen LogP contribution in [-0.2, 0) is 13.0 Å². The number of hydrogen-bond acceptors (Lipinski definition) is 2. The van der Waals surface area contributed by atoms with Gasteiger partial charge in [0.15, 0.2) is 0 Å². The predicted molar refractivity (Wildman–Crippen MR) is 91.9 cm³/mol. The van der Waals surface area contributed by atoms with Crippen LogP contribution >= 0.6 is 0 Å². The van der Waals surface area contributed by atoms with Crippen LogP contribution in [0, 0.1) is 0 Å². The fraction of sp³-hybridized carbons (Fsp3) is 0.316. The molecule has 0 spiro atoms. The van der Waals surface area contributed by atoms with Gasteiger partial charge < -0.3 is 10.3 Å². The molecule has 1 atom stereocenters. The van der Waals surface area contributed by atoms with E-state index < -0.39 is 0 Å². The first-order chi connectivity index (χ1) is 10.7. The van der Waals surface area contributed by atoms with Gasteiger partial charge in [-0.15, -0.1) is 0 Å². The third-order valence-corrected chi connectivity index (χ3v) is 4.21. The highest BCUT2D eigenvalue weighted by molar-refractivity contribution is 5.77. The van der Waals surface area contributed by atoms with Gasteiger partial charge in [-0.3, -0.25) is 0 Å². The van der Waals surface area contributed by atoms with Crippen LogP contribution in [0.4, 0.5) is 0 Å². The Bertz CT molecular complexity index is 759. The number of aromatic nitrogens is 2. The standard InChI is InChI=1S/C19H23N3/c1-3-14-10-11-18-17(12-14)21-19(16(20)4-2)22(18)13-15-8-6-5-7-9-15/h5-12,16H,3-4,13,20H2,1-2H3. The summed E-state index contributed by atoms with van der Waals surface area (Å²) >= 11 is 0. The van der Waals surface area contributed by atoms with Crippen LogP contribution in [0.3, 0.4) is 0 Å². The smallest absolute Gasteiger partial charge is 0.127 e. The van der Waals surface area contributed by atoms with E-state index in [-0.39, 0.29) is 6.04 Å². The van der Waals surface area contributed by atoms with Crippen molar-refractivity contribution in [2.45, 2.75) is 39.3 Å². The summed E-state index contributed by atoms with van der Waals surface area (Å²) in [5.74, 6) is 0.981. The number of hydrogen-bond donors (Lipinski definition) is 1. The van der Waals surface area contributed by atoms with Crippen molar-refractivity contribution in [2.75, 3.05) is 0 Å². The number of aryl methyl sites for hydroxylation is 1. The molecule has 2 N–H and O–H groups in total. The fourth-order valence-electron chi connectivity index (χ4n) is 2.81. The van der Waals surface area contributed by atoms with Gasteiger partial charge in [0.05, 0.1) is 17.1 Å². The van der Waals surface area contributed by atoms with Crippen molar-refractivity contribution in [3.05, 3.63) is 65.5 Å². The maximum Gasteiger partial charge on any atom is 0.127 e. The molecule has 22 heavy (non-hydrogen) atoms. The zero-order valence-corrected chi connectivity index (χ0v) is 13.3. The molecule has 0 bridgehead atoms. The summed E-state index contributed by atoms with van der Waals surface area (Å²) < 4.78 is 2.26. The molecular formula is C19H23N3. The van der Waals surface area contributed by atoms with E-state index >= 15 is 0 Å². The second-order valence-corrected chi connectivity index (χ2v) is 5.73. The molecule has 3 heteroatoms. The second kappa shape index (κ2) is 6.32. The van der Waals surface area contributed by atoms with E-state index in [1.807, 2.05) is 6.07 Å². The van der Waals surface area contributed by atoms with Crippen LogP contribution in [0.5, 0.6) is 0 Å². The highest BCUT2D eigenvalue weighted by Gasteiger charge is 2.16. The largest absolute Gasteiger partial charge is 0.322 e. The molecule has 0 saturated heterocycles. The molecule has 1 aromatic heterocycles. The molecule has 0 aliphatic carbocycles. The van der Waals surface area contributed by atoms with Gasteiger partial charge in [0, 0.05) is 6.54 Å². The minimum atomic E-state index is -0.0267. The number of rotatable bonds is 5. The summed E-state index contributed by atoms with van der Waals surface area (Å²) in [6.45, 7) is 5.08. The van der Waals surface area contributed by atoms with Gasteiger partial charge in [0.25, 0.3) is 0 Å². The molecule has 0 radical (unpaired) electrons. The van der Waals surface area contributed by atoms with Crippen LogP contribution in [0.25, 0.3) is 11.0 Å². The second-order valence-electron chi connectivity index (χ2n) is 5.73.